The highest BCUT2D eigenvalue weighted by atomic mass is 19.1. The van der Waals surface area contributed by atoms with Crippen molar-refractivity contribution < 1.29 is 9.18 Å². The van der Waals surface area contributed by atoms with Gasteiger partial charge in [0, 0.05) is 11.6 Å². The fraction of sp³-hybridized carbons (Fsp3) is 0.565. The van der Waals surface area contributed by atoms with Crippen molar-refractivity contribution in [2.24, 2.45) is 23.2 Å². The molecular weight excluding hydrogens is 353 g/mol. The molecule has 0 saturated heterocycles. The summed E-state index contributed by atoms with van der Waals surface area (Å²) in [6, 6.07) is 8.16. The lowest BCUT2D eigenvalue weighted by Crippen LogP contribution is -2.56. The van der Waals surface area contributed by atoms with Crippen molar-refractivity contribution in [3.8, 4) is 11.3 Å². The summed E-state index contributed by atoms with van der Waals surface area (Å²) in [6.45, 7) is 2.19. The average Bonchev–Trinajstić information content (AvgIpc) is 3.15. The molecule has 1 heterocycles. The second-order valence-corrected chi connectivity index (χ2v) is 9.39. The molecule has 0 radical (unpaired) electrons. The smallest absolute Gasteiger partial charge is 0.269 e. The van der Waals surface area contributed by atoms with Crippen molar-refractivity contribution in [1.29, 1.82) is 0 Å². The molecule has 1 aromatic heterocycles. The highest BCUT2D eigenvalue weighted by molar-refractivity contribution is 5.93. The zero-order valence-electron chi connectivity index (χ0n) is 16.4. The topological polar surface area (TPSA) is 57.8 Å². The van der Waals surface area contributed by atoms with E-state index in [1.807, 2.05) is 0 Å². The van der Waals surface area contributed by atoms with E-state index >= 15 is 0 Å². The lowest BCUT2D eigenvalue weighted by molar-refractivity contribution is -0.0727. The summed E-state index contributed by atoms with van der Waals surface area (Å²) in [7, 11) is 0. The molecule has 2 N–H and O–H groups in total. The number of carbonyl (C=O) groups is 1. The van der Waals surface area contributed by atoms with Gasteiger partial charge in [0.25, 0.3) is 5.91 Å². The van der Waals surface area contributed by atoms with Gasteiger partial charge in [-0.05, 0) is 98.4 Å². The van der Waals surface area contributed by atoms with Gasteiger partial charge in [0.2, 0.25) is 0 Å². The van der Waals surface area contributed by atoms with Crippen LogP contribution in [0.25, 0.3) is 11.3 Å². The fourth-order valence-electron chi connectivity index (χ4n) is 6.74. The highest BCUT2D eigenvalue weighted by Gasteiger charge is 2.54. The largest absolute Gasteiger partial charge is 0.347 e. The van der Waals surface area contributed by atoms with E-state index in [-0.39, 0.29) is 17.8 Å². The molecule has 0 aliphatic heterocycles. The van der Waals surface area contributed by atoms with Crippen LogP contribution in [-0.2, 0) is 0 Å². The Morgan fingerprint density at radius 2 is 1.79 bits per heavy atom. The molecule has 1 atom stereocenters. The number of H-pyrrole nitrogens is 1. The summed E-state index contributed by atoms with van der Waals surface area (Å²) in [6.07, 6.45) is 9.03. The molecule has 1 amide bonds. The van der Waals surface area contributed by atoms with E-state index in [0.717, 1.165) is 29.7 Å². The third kappa shape index (κ3) is 3.05. The molecular formula is C23H28FN3O. The number of aromatic nitrogens is 2. The lowest BCUT2D eigenvalue weighted by Gasteiger charge is -2.59. The number of nitrogens with zero attached hydrogens (tertiary/aromatic N) is 1. The third-order valence-corrected chi connectivity index (χ3v) is 7.50. The Labute approximate surface area is 165 Å². The van der Waals surface area contributed by atoms with E-state index in [4.69, 9.17) is 0 Å². The van der Waals surface area contributed by atoms with E-state index in [2.05, 4.69) is 22.4 Å². The Bertz CT molecular complexity index is 837. The van der Waals surface area contributed by atoms with Crippen molar-refractivity contribution in [2.75, 3.05) is 0 Å². The van der Waals surface area contributed by atoms with Crippen LogP contribution in [0.4, 0.5) is 4.39 Å². The molecule has 28 heavy (non-hydrogen) atoms. The SMILES string of the molecule is CCC(NC(=O)c1cc(-c2ccc(F)cc2)n[nH]1)C12CC3CC(CC(C3)C1)C2. The van der Waals surface area contributed by atoms with Crippen LogP contribution < -0.4 is 5.32 Å². The standard InChI is InChI=1S/C23H28FN3O/c1-2-21(23-11-14-7-15(12-23)9-16(8-14)13-23)25-22(28)20-10-19(26-27-20)17-3-5-18(24)6-4-17/h3-6,10,14-16,21H,2,7-9,11-13H2,1H3,(H,25,28)(H,26,27). The minimum atomic E-state index is -0.279. The van der Waals surface area contributed by atoms with Crippen LogP contribution in [0, 0.1) is 29.0 Å². The van der Waals surface area contributed by atoms with Gasteiger partial charge in [-0.2, -0.15) is 5.10 Å². The zero-order valence-corrected chi connectivity index (χ0v) is 16.4. The Hall–Kier alpha value is -2.17. The summed E-state index contributed by atoms with van der Waals surface area (Å²) >= 11 is 0. The molecule has 4 aliphatic carbocycles. The summed E-state index contributed by atoms with van der Waals surface area (Å²) in [4.78, 5) is 13.0. The first-order chi connectivity index (χ1) is 13.5. The number of aromatic amines is 1. The van der Waals surface area contributed by atoms with Crippen LogP contribution in [0.2, 0.25) is 0 Å². The summed E-state index contributed by atoms with van der Waals surface area (Å²) in [5, 5.41) is 10.5. The van der Waals surface area contributed by atoms with Crippen molar-refractivity contribution in [3.63, 3.8) is 0 Å². The zero-order chi connectivity index (χ0) is 19.3. The molecule has 4 bridgehead atoms. The summed E-state index contributed by atoms with van der Waals surface area (Å²) in [5.74, 6) is 2.25. The van der Waals surface area contributed by atoms with Gasteiger partial charge >= 0.3 is 0 Å². The monoisotopic (exact) mass is 381 g/mol. The Morgan fingerprint density at radius 3 is 2.36 bits per heavy atom. The number of carbonyl (C=O) groups excluding carboxylic acids is 1. The minimum Gasteiger partial charge on any atom is -0.347 e. The van der Waals surface area contributed by atoms with E-state index in [1.165, 1.54) is 50.7 Å². The van der Waals surface area contributed by atoms with Gasteiger partial charge in [0.1, 0.15) is 11.5 Å². The Balaban J connectivity index is 1.33. The van der Waals surface area contributed by atoms with Crippen LogP contribution >= 0.6 is 0 Å². The predicted octanol–water partition coefficient (Wildman–Crippen LogP) is 4.94. The Morgan fingerprint density at radius 1 is 1.18 bits per heavy atom. The van der Waals surface area contributed by atoms with Gasteiger partial charge in [0.15, 0.2) is 0 Å². The quantitative estimate of drug-likeness (QED) is 0.771. The van der Waals surface area contributed by atoms with Crippen LogP contribution in [0.15, 0.2) is 30.3 Å². The second kappa shape index (κ2) is 6.71. The molecule has 4 saturated carbocycles. The van der Waals surface area contributed by atoms with Gasteiger partial charge in [-0.3, -0.25) is 9.89 Å². The van der Waals surface area contributed by atoms with Gasteiger partial charge in [-0.25, -0.2) is 4.39 Å². The maximum atomic E-state index is 13.1. The molecule has 2 aromatic rings. The van der Waals surface area contributed by atoms with Crippen molar-refractivity contribution in [2.45, 2.75) is 57.9 Å². The van der Waals surface area contributed by atoms with Crippen LogP contribution in [-0.4, -0.2) is 22.1 Å². The van der Waals surface area contributed by atoms with Crippen LogP contribution in [0.5, 0.6) is 0 Å². The van der Waals surface area contributed by atoms with Crippen LogP contribution in [0.1, 0.15) is 62.4 Å². The highest BCUT2D eigenvalue weighted by Crippen LogP contribution is 2.61. The first-order valence-corrected chi connectivity index (χ1v) is 10.7. The summed E-state index contributed by atoms with van der Waals surface area (Å²) < 4.78 is 13.1. The molecule has 148 valence electrons. The molecule has 1 unspecified atom stereocenters. The number of nitrogens with one attached hydrogen (secondary N) is 2. The molecule has 1 aromatic carbocycles. The minimum absolute atomic E-state index is 0.0801. The van der Waals surface area contributed by atoms with E-state index in [0.29, 0.717) is 16.8 Å². The maximum absolute atomic E-state index is 13.1. The Kier molecular flexibility index (Phi) is 4.29. The number of halogens is 1. The second-order valence-electron chi connectivity index (χ2n) is 9.39. The molecule has 4 nitrogen and oxygen atoms in total. The maximum Gasteiger partial charge on any atom is 0.269 e. The first kappa shape index (κ1) is 17.9. The lowest BCUT2D eigenvalue weighted by atomic mass is 9.47. The number of hydrogen-bond donors (Lipinski definition) is 2. The molecule has 0 spiro atoms. The first-order valence-electron chi connectivity index (χ1n) is 10.7. The summed E-state index contributed by atoms with van der Waals surface area (Å²) in [5.41, 5.74) is 2.22. The van der Waals surface area contributed by atoms with Gasteiger partial charge in [-0.1, -0.05) is 6.92 Å². The van der Waals surface area contributed by atoms with Gasteiger partial charge in [0.05, 0.1) is 5.69 Å². The predicted molar refractivity (Wildman–Crippen MR) is 106 cm³/mol. The molecule has 4 fully saturated rings. The average molecular weight is 381 g/mol. The number of amides is 1. The van der Waals surface area contributed by atoms with E-state index in [9.17, 15) is 9.18 Å². The van der Waals surface area contributed by atoms with Gasteiger partial charge < -0.3 is 5.32 Å². The van der Waals surface area contributed by atoms with Crippen molar-refractivity contribution in [1.82, 2.24) is 15.5 Å². The fourth-order valence-corrected chi connectivity index (χ4v) is 6.74. The number of rotatable bonds is 5. The van der Waals surface area contributed by atoms with E-state index in [1.54, 1.807) is 18.2 Å². The molecule has 4 aliphatic rings. The molecule has 6 rings (SSSR count). The number of hydrogen-bond acceptors (Lipinski definition) is 2. The molecule has 5 heteroatoms. The van der Waals surface area contributed by atoms with Crippen LogP contribution in [0.3, 0.4) is 0 Å². The van der Waals surface area contributed by atoms with Crippen molar-refractivity contribution in [3.05, 3.63) is 41.8 Å². The van der Waals surface area contributed by atoms with Gasteiger partial charge in [-0.15, -0.1) is 0 Å². The number of benzene rings is 1. The van der Waals surface area contributed by atoms with Crippen molar-refractivity contribution >= 4 is 5.91 Å². The normalized spacial score (nSPS) is 31.7. The third-order valence-electron chi connectivity index (χ3n) is 7.50. The van der Waals surface area contributed by atoms with E-state index < -0.39 is 0 Å².